The van der Waals surface area contributed by atoms with Crippen molar-refractivity contribution in [2.75, 3.05) is 12.4 Å². The summed E-state index contributed by atoms with van der Waals surface area (Å²) in [5, 5.41) is 2.71. The van der Waals surface area contributed by atoms with Crippen LogP contribution < -0.4 is 10.1 Å². The number of nitrogens with one attached hydrogen (secondary N) is 1. The lowest BCUT2D eigenvalue weighted by Crippen LogP contribution is -2.30. The van der Waals surface area contributed by atoms with Gasteiger partial charge >= 0.3 is 5.97 Å². The summed E-state index contributed by atoms with van der Waals surface area (Å²) in [4.78, 5) is 36.7. The van der Waals surface area contributed by atoms with E-state index in [2.05, 4.69) is 12.2 Å². The number of anilines is 1. The molecule has 6 heteroatoms. The zero-order valence-electron chi connectivity index (χ0n) is 18.0. The Labute approximate surface area is 177 Å². The van der Waals surface area contributed by atoms with E-state index in [9.17, 15) is 14.4 Å². The maximum Gasteiger partial charge on any atom is 0.307 e. The van der Waals surface area contributed by atoms with Crippen molar-refractivity contribution in [3.8, 4) is 5.75 Å². The highest BCUT2D eigenvalue weighted by Crippen LogP contribution is 2.25. The molecule has 0 aliphatic carbocycles. The molecule has 1 amide bonds. The highest BCUT2D eigenvalue weighted by Gasteiger charge is 2.20. The lowest BCUT2D eigenvalue weighted by molar-refractivity contribution is -0.153. The number of esters is 1. The minimum absolute atomic E-state index is 0.0337. The van der Waals surface area contributed by atoms with Gasteiger partial charge in [-0.2, -0.15) is 0 Å². The number of hydrogen-bond acceptors (Lipinski definition) is 5. The molecule has 0 saturated heterocycles. The second-order valence-electron chi connectivity index (χ2n) is 7.20. The molecular weight excluding hydrogens is 382 g/mol. The van der Waals surface area contributed by atoms with E-state index in [0.29, 0.717) is 17.0 Å². The zero-order chi connectivity index (χ0) is 22.1. The SMILES string of the molecule is CCCc1ccc(C(=O)CCC(=O)O[C@@H](C)C(=O)Nc2cc(C)ccc2OC)cc1. The molecule has 0 radical (unpaired) electrons. The number of amides is 1. The minimum atomic E-state index is -0.994. The summed E-state index contributed by atoms with van der Waals surface area (Å²) in [5.41, 5.74) is 3.21. The summed E-state index contributed by atoms with van der Waals surface area (Å²) in [6.45, 7) is 5.49. The summed E-state index contributed by atoms with van der Waals surface area (Å²) in [6, 6.07) is 12.8. The van der Waals surface area contributed by atoms with E-state index in [4.69, 9.17) is 9.47 Å². The van der Waals surface area contributed by atoms with Gasteiger partial charge in [-0.3, -0.25) is 14.4 Å². The quantitative estimate of drug-likeness (QED) is 0.460. The molecule has 0 unspecified atom stereocenters. The van der Waals surface area contributed by atoms with E-state index >= 15 is 0 Å². The predicted octanol–water partition coefficient (Wildman–Crippen LogP) is 4.49. The summed E-state index contributed by atoms with van der Waals surface area (Å²) in [6.07, 6.45) is 0.968. The van der Waals surface area contributed by atoms with E-state index in [1.165, 1.54) is 19.6 Å². The molecule has 1 atom stereocenters. The first-order valence-corrected chi connectivity index (χ1v) is 10.1. The Hall–Kier alpha value is -3.15. The first-order chi connectivity index (χ1) is 14.3. The van der Waals surface area contributed by atoms with Crippen LogP contribution in [0.4, 0.5) is 5.69 Å². The van der Waals surface area contributed by atoms with Crippen LogP contribution in [0.5, 0.6) is 5.75 Å². The largest absolute Gasteiger partial charge is 0.495 e. The molecule has 160 valence electrons. The number of Topliss-reactive ketones (excluding diaryl/α,β-unsaturated/α-hetero) is 1. The molecule has 0 bridgehead atoms. The lowest BCUT2D eigenvalue weighted by atomic mass is 10.0. The Morgan fingerprint density at radius 2 is 1.73 bits per heavy atom. The Kier molecular flexibility index (Phi) is 8.59. The van der Waals surface area contributed by atoms with Crippen molar-refractivity contribution in [1.82, 2.24) is 0 Å². The predicted molar refractivity (Wildman–Crippen MR) is 116 cm³/mol. The van der Waals surface area contributed by atoms with E-state index in [0.717, 1.165) is 18.4 Å². The number of ether oxygens (including phenoxy) is 2. The van der Waals surface area contributed by atoms with E-state index in [-0.39, 0.29) is 18.6 Å². The zero-order valence-corrected chi connectivity index (χ0v) is 18.0. The molecule has 1 N–H and O–H groups in total. The number of methoxy groups -OCH3 is 1. The van der Waals surface area contributed by atoms with Crippen molar-refractivity contribution < 1.29 is 23.9 Å². The van der Waals surface area contributed by atoms with Crippen LogP contribution in [0.25, 0.3) is 0 Å². The molecule has 6 nitrogen and oxygen atoms in total. The highest BCUT2D eigenvalue weighted by molar-refractivity contribution is 5.98. The van der Waals surface area contributed by atoms with E-state index < -0.39 is 18.0 Å². The van der Waals surface area contributed by atoms with E-state index in [1.54, 1.807) is 24.3 Å². The molecule has 0 aliphatic rings. The Morgan fingerprint density at radius 3 is 2.37 bits per heavy atom. The maximum absolute atomic E-state index is 12.4. The number of hydrogen-bond donors (Lipinski definition) is 1. The van der Waals surface area contributed by atoms with Gasteiger partial charge in [0.25, 0.3) is 5.91 Å². The topological polar surface area (TPSA) is 81.7 Å². The van der Waals surface area contributed by atoms with Crippen LogP contribution in [-0.4, -0.2) is 30.9 Å². The van der Waals surface area contributed by atoms with Crippen molar-refractivity contribution >= 4 is 23.3 Å². The van der Waals surface area contributed by atoms with Gasteiger partial charge in [0.1, 0.15) is 5.75 Å². The maximum atomic E-state index is 12.4. The lowest BCUT2D eigenvalue weighted by Gasteiger charge is -2.15. The highest BCUT2D eigenvalue weighted by atomic mass is 16.5. The third-order valence-electron chi connectivity index (χ3n) is 4.66. The fourth-order valence-corrected chi connectivity index (χ4v) is 2.97. The van der Waals surface area contributed by atoms with Gasteiger partial charge in [0.15, 0.2) is 11.9 Å². The summed E-state index contributed by atoms with van der Waals surface area (Å²) >= 11 is 0. The molecule has 0 aliphatic heterocycles. The van der Waals surface area contributed by atoms with Crippen LogP contribution in [0, 0.1) is 6.92 Å². The molecule has 0 saturated carbocycles. The van der Waals surface area contributed by atoms with Crippen LogP contribution >= 0.6 is 0 Å². The molecular formula is C24H29NO5. The fourth-order valence-electron chi connectivity index (χ4n) is 2.97. The van der Waals surface area contributed by atoms with Crippen LogP contribution in [-0.2, 0) is 20.7 Å². The van der Waals surface area contributed by atoms with E-state index in [1.807, 2.05) is 25.1 Å². The number of ketones is 1. The Morgan fingerprint density at radius 1 is 1.03 bits per heavy atom. The van der Waals surface area contributed by atoms with Crippen LogP contribution in [0.3, 0.4) is 0 Å². The molecule has 30 heavy (non-hydrogen) atoms. The monoisotopic (exact) mass is 411 g/mol. The molecule has 0 aromatic heterocycles. The van der Waals surface area contributed by atoms with Gasteiger partial charge < -0.3 is 14.8 Å². The van der Waals surface area contributed by atoms with Gasteiger partial charge in [0, 0.05) is 12.0 Å². The third kappa shape index (κ3) is 6.72. The molecule has 2 rings (SSSR count). The molecule has 2 aromatic rings. The molecule has 0 spiro atoms. The molecule has 0 fully saturated rings. The second-order valence-corrected chi connectivity index (χ2v) is 7.20. The summed E-state index contributed by atoms with van der Waals surface area (Å²) in [7, 11) is 1.51. The standard InChI is InChI=1S/C24H29NO5/c1-5-6-18-8-10-19(11-9-18)21(26)12-14-23(27)30-17(3)24(28)25-20-15-16(2)7-13-22(20)29-4/h7-11,13,15,17H,5-6,12,14H2,1-4H3,(H,25,28)/t17-/m0/s1. The van der Waals surface area contributed by atoms with Crippen LogP contribution in [0.1, 0.15) is 54.6 Å². The number of benzene rings is 2. The van der Waals surface area contributed by atoms with Gasteiger partial charge in [-0.25, -0.2) is 0 Å². The Bertz CT molecular complexity index is 889. The molecule has 0 heterocycles. The number of carbonyl (C=O) groups excluding carboxylic acids is 3. The molecule has 2 aromatic carbocycles. The fraction of sp³-hybridized carbons (Fsp3) is 0.375. The minimum Gasteiger partial charge on any atom is -0.495 e. The summed E-state index contributed by atoms with van der Waals surface area (Å²) in [5.74, 6) is -0.672. The van der Waals surface area contributed by atoms with Crippen molar-refractivity contribution in [1.29, 1.82) is 0 Å². The average Bonchev–Trinajstić information content (AvgIpc) is 2.73. The van der Waals surface area contributed by atoms with Crippen LogP contribution in [0.15, 0.2) is 42.5 Å². The van der Waals surface area contributed by atoms with Gasteiger partial charge in [-0.15, -0.1) is 0 Å². The smallest absolute Gasteiger partial charge is 0.307 e. The van der Waals surface area contributed by atoms with Crippen molar-refractivity contribution in [2.45, 2.75) is 52.6 Å². The van der Waals surface area contributed by atoms with Gasteiger partial charge in [0.05, 0.1) is 19.2 Å². The first kappa shape index (κ1) is 23.1. The van der Waals surface area contributed by atoms with Crippen molar-refractivity contribution in [3.63, 3.8) is 0 Å². The third-order valence-corrected chi connectivity index (χ3v) is 4.66. The van der Waals surface area contributed by atoms with Crippen molar-refractivity contribution in [2.24, 2.45) is 0 Å². The summed E-state index contributed by atoms with van der Waals surface area (Å²) < 4.78 is 10.4. The number of aryl methyl sites for hydroxylation is 2. The van der Waals surface area contributed by atoms with Gasteiger partial charge in [-0.05, 0) is 43.5 Å². The Balaban J connectivity index is 1.84. The second kappa shape index (κ2) is 11.1. The van der Waals surface area contributed by atoms with Gasteiger partial charge in [0.2, 0.25) is 0 Å². The van der Waals surface area contributed by atoms with Gasteiger partial charge in [-0.1, -0.05) is 43.7 Å². The first-order valence-electron chi connectivity index (χ1n) is 10.1. The van der Waals surface area contributed by atoms with Crippen LogP contribution in [0.2, 0.25) is 0 Å². The normalized spacial score (nSPS) is 11.5. The average molecular weight is 411 g/mol. The number of rotatable bonds is 10. The van der Waals surface area contributed by atoms with Crippen molar-refractivity contribution in [3.05, 3.63) is 59.2 Å². The number of carbonyl (C=O) groups is 3.